The second kappa shape index (κ2) is 6.46. The molecule has 1 atom stereocenters. The highest BCUT2D eigenvalue weighted by molar-refractivity contribution is 6.05. The number of carbonyl (C=O) groups excluding carboxylic acids is 1. The fourth-order valence-electron chi connectivity index (χ4n) is 1.81. The lowest BCUT2D eigenvalue weighted by Gasteiger charge is -2.31. The molecule has 0 spiro atoms. The predicted molar refractivity (Wildman–Crippen MR) is 78.4 cm³/mol. The summed E-state index contributed by atoms with van der Waals surface area (Å²) in [6.45, 7) is 1.14. The molecule has 2 heterocycles. The molecule has 0 amide bonds. The molecule has 0 N–H and O–H groups in total. The topological polar surface area (TPSA) is 76.4 Å². The number of hydrogen-bond acceptors (Lipinski definition) is 7. The van der Waals surface area contributed by atoms with E-state index in [0.717, 1.165) is 0 Å². The zero-order valence-corrected chi connectivity index (χ0v) is 13.2. The summed E-state index contributed by atoms with van der Waals surface area (Å²) in [5.74, 6) is -2.05. The van der Waals surface area contributed by atoms with Crippen molar-refractivity contribution in [3.63, 3.8) is 0 Å². The van der Waals surface area contributed by atoms with Crippen LogP contribution in [0.4, 0.5) is 13.2 Å². The number of ether oxygens (including phenoxy) is 2. The highest BCUT2D eigenvalue weighted by Gasteiger charge is 2.65. The summed E-state index contributed by atoms with van der Waals surface area (Å²) in [4.78, 5) is 23.9. The Bertz CT molecular complexity index is 674. The third-order valence-corrected chi connectivity index (χ3v) is 2.96. The lowest BCUT2D eigenvalue weighted by Crippen LogP contribution is -2.54. The number of alkyl halides is 3. The molecule has 0 aromatic carbocycles. The SMILES string of the molecule is CCOC(=O)[C@]1(C(F)(F)F)N=C(c2cccnc2)OC(N(C)C)=N1. The van der Waals surface area contributed by atoms with E-state index in [9.17, 15) is 18.0 Å². The Morgan fingerprint density at radius 1 is 1.38 bits per heavy atom. The Morgan fingerprint density at radius 3 is 2.58 bits per heavy atom. The van der Waals surface area contributed by atoms with Gasteiger partial charge in [-0.05, 0) is 19.1 Å². The van der Waals surface area contributed by atoms with Crippen LogP contribution in [-0.4, -0.2) is 60.3 Å². The minimum atomic E-state index is -5.11. The molecule has 0 saturated heterocycles. The van der Waals surface area contributed by atoms with E-state index >= 15 is 0 Å². The van der Waals surface area contributed by atoms with Crippen molar-refractivity contribution in [2.45, 2.75) is 18.8 Å². The van der Waals surface area contributed by atoms with Crippen molar-refractivity contribution in [1.82, 2.24) is 9.88 Å². The number of esters is 1. The number of halogens is 3. The zero-order chi connectivity index (χ0) is 18.0. The van der Waals surface area contributed by atoms with Crippen LogP contribution >= 0.6 is 0 Å². The maximum atomic E-state index is 13.7. The molecule has 1 aliphatic rings. The molecule has 2 rings (SSSR count). The fraction of sp³-hybridized carbons (Fsp3) is 0.429. The highest BCUT2D eigenvalue weighted by Crippen LogP contribution is 2.39. The second-order valence-electron chi connectivity index (χ2n) is 4.94. The molecule has 0 saturated carbocycles. The van der Waals surface area contributed by atoms with Gasteiger partial charge in [0.15, 0.2) is 0 Å². The summed E-state index contributed by atoms with van der Waals surface area (Å²) < 4.78 is 50.9. The number of aliphatic imine (C=N–C) groups is 2. The quantitative estimate of drug-likeness (QED) is 0.779. The minimum absolute atomic E-state index is 0.171. The van der Waals surface area contributed by atoms with Gasteiger partial charge in [-0.3, -0.25) is 4.98 Å². The summed E-state index contributed by atoms with van der Waals surface area (Å²) in [5, 5.41) is 0. The molecule has 0 unspecified atom stereocenters. The molecule has 1 aromatic heterocycles. The largest absolute Gasteiger partial charge is 0.462 e. The molecular weight excluding hydrogens is 329 g/mol. The first-order chi connectivity index (χ1) is 11.2. The van der Waals surface area contributed by atoms with Gasteiger partial charge in [0.25, 0.3) is 6.02 Å². The van der Waals surface area contributed by atoms with Gasteiger partial charge in [0.1, 0.15) is 0 Å². The molecule has 1 aromatic rings. The van der Waals surface area contributed by atoms with Crippen molar-refractivity contribution in [1.29, 1.82) is 0 Å². The third kappa shape index (κ3) is 3.17. The van der Waals surface area contributed by atoms with Gasteiger partial charge in [-0.2, -0.15) is 23.2 Å². The summed E-state index contributed by atoms with van der Waals surface area (Å²) in [6, 6.07) is 2.53. The van der Waals surface area contributed by atoms with Crippen LogP contribution < -0.4 is 0 Å². The maximum absolute atomic E-state index is 13.7. The maximum Gasteiger partial charge on any atom is 0.446 e. The van der Waals surface area contributed by atoms with Crippen LogP contribution in [0.25, 0.3) is 0 Å². The molecule has 0 bridgehead atoms. The van der Waals surface area contributed by atoms with Crippen LogP contribution in [0.3, 0.4) is 0 Å². The normalized spacial score (nSPS) is 20.6. The van der Waals surface area contributed by atoms with Crippen LogP contribution in [0.5, 0.6) is 0 Å². The third-order valence-electron chi connectivity index (χ3n) is 2.96. The van der Waals surface area contributed by atoms with Crippen molar-refractivity contribution < 1.29 is 27.4 Å². The van der Waals surface area contributed by atoms with Crippen LogP contribution in [-0.2, 0) is 14.3 Å². The summed E-state index contributed by atoms with van der Waals surface area (Å²) in [5.41, 5.74) is -3.25. The van der Waals surface area contributed by atoms with E-state index in [2.05, 4.69) is 19.7 Å². The number of hydrogen-bond donors (Lipinski definition) is 0. The van der Waals surface area contributed by atoms with Gasteiger partial charge in [-0.15, -0.1) is 0 Å². The highest BCUT2D eigenvalue weighted by atomic mass is 19.4. The van der Waals surface area contributed by atoms with Crippen LogP contribution in [0.1, 0.15) is 12.5 Å². The average Bonchev–Trinajstić information content (AvgIpc) is 2.54. The molecule has 24 heavy (non-hydrogen) atoms. The minimum Gasteiger partial charge on any atom is -0.462 e. The van der Waals surface area contributed by atoms with E-state index in [4.69, 9.17) is 4.74 Å². The number of nitrogens with zero attached hydrogens (tertiary/aromatic N) is 4. The van der Waals surface area contributed by atoms with Gasteiger partial charge >= 0.3 is 17.8 Å². The predicted octanol–water partition coefficient (Wildman–Crippen LogP) is 1.60. The van der Waals surface area contributed by atoms with E-state index in [1.54, 1.807) is 0 Å². The van der Waals surface area contributed by atoms with Crippen molar-refractivity contribution in [3.8, 4) is 0 Å². The van der Waals surface area contributed by atoms with E-state index < -0.39 is 29.7 Å². The van der Waals surface area contributed by atoms with Crippen molar-refractivity contribution in [2.24, 2.45) is 9.98 Å². The number of rotatable bonds is 3. The Kier molecular flexibility index (Phi) is 4.76. The molecule has 0 aliphatic carbocycles. The van der Waals surface area contributed by atoms with Gasteiger partial charge in [0.2, 0.25) is 5.90 Å². The number of amidine groups is 1. The Morgan fingerprint density at radius 2 is 2.08 bits per heavy atom. The molecule has 7 nitrogen and oxygen atoms in total. The lowest BCUT2D eigenvalue weighted by molar-refractivity contribution is -0.204. The number of pyridine rings is 1. The zero-order valence-electron chi connectivity index (χ0n) is 13.2. The number of aromatic nitrogens is 1. The van der Waals surface area contributed by atoms with Gasteiger partial charge < -0.3 is 14.4 Å². The van der Waals surface area contributed by atoms with Crippen LogP contribution in [0.15, 0.2) is 34.5 Å². The van der Waals surface area contributed by atoms with Gasteiger partial charge in [-0.25, -0.2) is 4.79 Å². The van der Waals surface area contributed by atoms with E-state index in [1.165, 1.54) is 50.4 Å². The molecule has 10 heteroatoms. The monoisotopic (exact) mass is 344 g/mol. The lowest BCUT2D eigenvalue weighted by atomic mass is 10.1. The summed E-state index contributed by atoms with van der Waals surface area (Å²) >= 11 is 0. The first kappa shape index (κ1) is 17.7. The standard InChI is InChI=1S/C14H15F3N4O3/c1-4-23-11(22)13(14(15,16)17)19-10(9-6-5-7-18-8-9)24-12(20-13)21(2)3/h5-8H,4H2,1-3H3/t13-/m0/s1. The van der Waals surface area contributed by atoms with Crippen LogP contribution in [0, 0.1) is 0 Å². The van der Waals surface area contributed by atoms with Gasteiger partial charge in [0, 0.05) is 26.5 Å². The van der Waals surface area contributed by atoms with Gasteiger partial charge in [-0.1, -0.05) is 0 Å². The van der Waals surface area contributed by atoms with E-state index in [-0.39, 0.29) is 12.2 Å². The summed E-state index contributed by atoms with van der Waals surface area (Å²) in [7, 11) is 2.86. The molecule has 0 fully saturated rings. The fourth-order valence-corrected chi connectivity index (χ4v) is 1.81. The molecule has 1 aliphatic heterocycles. The van der Waals surface area contributed by atoms with E-state index in [1.807, 2.05) is 0 Å². The molecular formula is C14H15F3N4O3. The number of carbonyl (C=O) groups is 1. The van der Waals surface area contributed by atoms with Crippen molar-refractivity contribution in [3.05, 3.63) is 30.1 Å². The van der Waals surface area contributed by atoms with Crippen molar-refractivity contribution >= 4 is 17.9 Å². The Hall–Kier alpha value is -2.65. The smallest absolute Gasteiger partial charge is 0.446 e. The van der Waals surface area contributed by atoms with E-state index in [0.29, 0.717) is 0 Å². The average molecular weight is 344 g/mol. The second-order valence-corrected chi connectivity index (χ2v) is 4.94. The first-order valence-corrected chi connectivity index (χ1v) is 6.90. The summed E-state index contributed by atoms with van der Waals surface area (Å²) in [6.07, 6.45) is -2.41. The molecule has 0 radical (unpaired) electrons. The van der Waals surface area contributed by atoms with Crippen molar-refractivity contribution in [2.75, 3.05) is 20.7 Å². The molecule has 130 valence electrons. The van der Waals surface area contributed by atoms with Crippen LogP contribution in [0.2, 0.25) is 0 Å². The first-order valence-electron chi connectivity index (χ1n) is 6.90. The van der Waals surface area contributed by atoms with Gasteiger partial charge in [0.05, 0.1) is 12.2 Å². The Labute approximate surface area is 135 Å². The Balaban J connectivity index is 2.65.